The van der Waals surface area contributed by atoms with E-state index in [0.717, 1.165) is 18.5 Å². The summed E-state index contributed by atoms with van der Waals surface area (Å²) >= 11 is 1.84. The fourth-order valence-corrected chi connectivity index (χ4v) is 3.52. The Bertz CT molecular complexity index is 372. The van der Waals surface area contributed by atoms with Crippen molar-refractivity contribution in [1.29, 1.82) is 0 Å². The van der Waals surface area contributed by atoms with E-state index in [4.69, 9.17) is 0 Å². The van der Waals surface area contributed by atoms with Gasteiger partial charge in [-0.2, -0.15) is 0 Å². The summed E-state index contributed by atoms with van der Waals surface area (Å²) < 4.78 is 0. The minimum absolute atomic E-state index is 0.742. The predicted octanol–water partition coefficient (Wildman–Crippen LogP) is 2.03. The van der Waals surface area contributed by atoms with Crippen molar-refractivity contribution in [3.05, 3.63) is 16.1 Å². The van der Waals surface area contributed by atoms with Gasteiger partial charge < -0.3 is 5.32 Å². The summed E-state index contributed by atoms with van der Waals surface area (Å²) in [6, 6.07) is 0.742. The van der Waals surface area contributed by atoms with Gasteiger partial charge in [0.25, 0.3) is 0 Å². The molecule has 1 aliphatic carbocycles. The van der Waals surface area contributed by atoms with E-state index in [1.165, 1.54) is 48.8 Å². The van der Waals surface area contributed by atoms with Crippen LogP contribution in [-0.4, -0.2) is 35.6 Å². The highest BCUT2D eigenvalue weighted by Gasteiger charge is 2.33. The fourth-order valence-electron chi connectivity index (χ4n) is 2.68. The molecule has 2 heterocycles. The second kappa shape index (κ2) is 5.04. The molecule has 4 heteroatoms. The molecule has 0 amide bonds. The van der Waals surface area contributed by atoms with E-state index in [1.807, 2.05) is 17.5 Å². The van der Waals surface area contributed by atoms with Crippen LogP contribution < -0.4 is 5.32 Å². The smallest absolute Gasteiger partial charge is 0.0897 e. The van der Waals surface area contributed by atoms with E-state index < -0.39 is 0 Å². The van der Waals surface area contributed by atoms with Gasteiger partial charge in [-0.25, -0.2) is 4.98 Å². The zero-order valence-corrected chi connectivity index (χ0v) is 11.3. The molecule has 1 N–H and O–H groups in total. The van der Waals surface area contributed by atoms with Crippen molar-refractivity contribution in [2.24, 2.45) is 5.92 Å². The van der Waals surface area contributed by atoms with Crippen LogP contribution in [0, 0.1) is 12.8 Å². The minimum Gasteiger partial charge on any atom is -0.312 e. The van der Waals surface area contributed by atoms with E-state index in [2.05, 4.69) is 22.1 Å². The molecule has 3 nitrogen and oxygen atoms in total. The molecule has 1 saturated heterocycles. The minimum atomic E-state index is 0.742. The third kappa shape index (κ3) is 3.06. The first-order valence-corrected chi connectivity index (χ1v) is 7.50. The third-order valence-electron chi connectivity index (χ3n) is 3.75. The number of hydrogen-bond acceptors (Lipinski definition) is 4. The van der Waals surface area contributed by atoms with Crippen LogP contribution in [-0.2, 0) is 6.54 Å². The molecule has 0 spiro atoms. The lowest BCUT2D eigenvalue weighted by Crippen LogP contribution is -2.38. The lowest BCUT2D eigenvalue weighted by Gasteiger charge is -2.23. The quantitative estimate of drug-likeness (QED) is 0.891. The van der Waals surface area contributed by atoms with Crippen LogP contribution in [0.1, 0.15) is 29.1 Å². The van der Waals surface area contributed by atoms with Crippen LogP contribution >= 0.6 is 11.3 Å². The molecular formula is C13H21N3S. The normalized spacial score (nSPS) is 27.0. The standard InChI is InChI=1S/C13H21N3S/c1-10-15-7-12(17-10)8-16-6-2-5-14-13(9-16)11-3-4-11/h7,11,13-14H,2-6,8-9H2,1H3. The van der Waals surface area contributed by atoms with E-state index >= 15 is 0 Å². The molecule has 1 aromatic heterocycles. The Labute approximate surface area is 107 Å². The molecule has 1 saturated carbocycles. The summed E-state index contributed by atoms with van der Waals surface area (Å²) in [7, 11) is 0. The predicted molar refractivity (Wildman–Crippen MR) is 71.3 cm³/mol. The summed E-state index contributed by atoms with van der Waals surface area (Å²) in [6.07, 6.45) is 6.20. The molecular weight excluding hydrogens is 230 g/mol. The van der Waals surface area contributed by atoms with Crippen LogP contribution in [0.2, 0.25) is 0 Å². The second-order valence-electron chi connectivity index (χ2n) is 5.33. The molecule has 1 atom stereocenters. The first kappa shape index (κ1) is 11.6. The zero-order chi connectivity index (χ0) is 11.7. The molecule has 2 aliphatic rings. The Morgan fingerprint density at radius 1 is 1.53 bits per heavy atom. The zero-order valence-electron chi connectivity index (χ0n) is 10.5. The van der Waals surface area contributed by atoms with Crippen LogP contribution in [0.4, 0.5) is 0 Å². The molecule has 1 unspecified atom stereocenters. The molecule has 0 radical (unpaired) electrons. The Morgan fingerprint density at radius 2 is 2.41 bits per heavy atom. The summed E-state index contributed by atoms with van der Waals surface area (Å²) in [5.41, 5.74) is 0. The van der Waals surface area contributed by atoms with Crippen LogP contribution in [0.25, 0.3) is 0 Å². The monoisotopic (exact) mass is 251 g/mol. The lowest BCUT2D eigenvalue weighted by atomic mass is 10.2. The summed E-state index contributed by atoms with van der Waals surface area (Å²) in [6.45, 7) is 6.83. The summed E-state index contributed by atoms with van der Waals surface area (Å²) in [5.74, 6) is 0.957. The molecule has 3 rings (SSSR count). The summed E-state index contributed by atoms with van der Waals surface area (Å²) in [5, 5.41) is 4.90. The highest BCUT2D eigenvalue weighted by molar-refractivity contribution is 7.11. The molecule has 1 aliphatic heterocycles. The van der Waals surface area contributed by atoms with Crippen molar-refractivity contribution >= 4 is 11.3 Å². The third-order valence-corrected chi connectivity index (χ3v) is 4.65. The molecule has 0 aromatic carbocycles. The first-order chi connectivity index (χ1) is 8.31. The SMILES string of the molecule is Cc1ncc(CN2CCCNC(C3CC3)C2)s1. The number of nitrogens with one attached hydrogen (secondary N) is 1. The van der Waals surface area contributed by atoms with E-state index in [9.17, 15) is 0 Å². The van der Waals surface area contributed by atoms with Gasteiger partial charge in [0.1, 0.15) is 0 Å². The topological polar surface area (TPSA) is 28.2 Å². The van der Waals surface area contributed by atoms with E-state index in [1.54, 1.807) is 0 Å². The van der Waals surface area contributed by atoms with Crippen molar-refractivity contribution in [2.75, 3.05) is 19.6 Å². The maximum atomic E-state index is 4.35. The first-order valence-electron chi connectivity index (χ1n) is 6.68. The molecule has 1 aromatic rings. The Hall–Kier alpha value is -0.450. The summed E-state index contributed by atoms with van der Waals surface area (Å²) in [4.78, 5) is 8.37. The van der Waals surface area contributed by atoms with Crippen LogP contribution in [0.15, 0.2) is 6.20 Å². The second-order valence-corrected chi connectivity index (χ2v) is 6.65. The van der Waals surface area contributed by atoms with Crippen LogP contribution in [0.3, 0.4) is 0 Å². The number of rotatable bonds is 3. The van der Waals surface area contributed by atoms with E-state index in [0.29, 0.717) is 0 Å². The van der Waals surface area contributed by atoms with Crippen molar-refractivity contribution in [1.82, 2.24) is 15.2 Å². The highest BCUT2D eigenvalue weighted by Crippen LogP contribution is 2.33. The van der Waals surface area contributed by atoms with Gasteiger partial charge in [-0.15, -0.1) is 11.3 Å². The number of aromatic nitrogens is 1. The average molecular weight is 251 g/mol. The molecule has 94 valence electrons. The van der Waals surface area contributed by atoms with Gasteiger partial charge in [-0.1, -0.05) is 0 Å². The molecule has 2 fully saturated rings. The van der Waals surface area contributed by atoms with Gasteiger partial charge >= 0.3 is 0 Å². The van der Waals surface area contributed by atoms with Crippen LogP contribution in [0.5, 0.6) is 0 Å². The number of thiazole rings is 1. The maximum Gasteiger partial charge on any atom is 0.0897 e. The molecule has 17 heavy (non-hydrogen) atoms. The lowest BCUT2D eigenvalue weighted by molar-refractivity contribution is 0.252. The van der Waals surface area contributed by atoms with Gasteiger partial charge in [0, 0.05) is 30.2 Å². The van der Waals surface area contributed by atoms with Crippen molar-refractivity contribution < 1.29 is 0 Å². The van der Waals surface area contributed by atoms with Gasteiger partial charge in [-0.3, -0.25) is 4.90 Å². The Morgan fingerprint density at radius 3 is 3.12 bits per heavy atom. The largest absolute Gasteiger partial charge is 0.312 e. The fraction of sp³-hybridized carbons (Fsp3) is 0.769. The number of nitrogens with zero attached hydrogens (tertiary/aromatic N) is 2. The number of hydrogen-bond donors (Lipinski definition) is 1. The van der Waals surface area contributed by atoms with Crippen molar-refractivity contribution in [3.63, 3.8) is 0 Å². The van der Waals surface area contributed by atoms with Gasteiger partial charge in [-0.05, 0) is 45.2 Å². The van der Waals surface area contributed by atoms with Crippen molar-refractivity contribution in [3.8, 4) is 0 Å². The Kier molecular flexibility index (Phi) is 3.45. The van der Waals surface area contributed by atoms with E-state index in [-0.39, 0.29) is 0 Å². The molecule has 0 bridgehead atoms. The average Bonchev–Trinajstić information content (AvgIpc) is 3.07. The number of aryl methyl sites for hydroxylation is 1. The maximum absolute atomic E-state index is 4.35. The van der Waals surface area contributed by atoms with Crippen molar-refractivity contribution in [2.45, 2.75) is 38.8 Å². The highest BCUT2D eigenvalue weighted by atomic mass is 32.1. The van der Waals surface area contributed by atoms with Gasteiger partial charge in [0.15, 0.2) is 0 Å². The van der Waals surface area contributed by atoms with Gasteiger partial charge in [0.2, 0.25) is 0 Å². The Balaban J connectivity index is 1.60. The van der Waals surface area contributed by atoms with Gasteiger partial charge in [0.05, 0.1) is 5.01 Å².